The molecule has 188 valence electrons. The summed E-state index contributed by atoms with van der Waals surface area (Å²) in [6, 6.07) is 10.7. The van der Waals surface area contributed by atoms with E-state index in [0.29, 0.717) is 34.7 Å². The average molecular weight is 491 g/mol. The van der Waals surface area contributed by atoms with Gasteiger partial charge in [0.25, 0.3) is 5.91 Å². The van der Waals surface area contributed by atoms with E-state index in [-0.39, 0.29) is 38.9 Å². The van der Waals surface area contributed by atoms with Crippen LogP contribution in [-0.4, -0.2) is 29.9 Å². The predicted octanol–water partition coefficient (Wildman–Crippen LogP) is 6.93. The molecule has 9 heteroatoms. The summed E-state index contributed by atoms with van der Waals surface area (Å²) in [7, 11) is 0. The van der Waals surface area contributed by atoms with E-state index in [1.807, 2.05) is 25.1 Å². The number of benzene rings is 2. The fourth-order valence-corrected chi connectivity index (χ4v) is 4.25. The SMILES string of the molecule is Cc1cccc(NC(=O)c2c(N3CCCC(F)(F)CC3)ncc(-c3ccc(F)c(F)c3)c2C)c1.N.[HH]. The number of nitrogens with one attached hydrogen (secondary N) is 1. The summed E-state index contributed by atoms with van der Waals surface area (Å²) in [4.78, 5) is 19.6. The number of anilines is 2. The molecule has 35 heavy (non-hydrogen) atoms. The molecule has 0 spiro atoms. The quantitative estimate of drug-likeness (QED) is 0.389. The largest absolute Gasteiger partial charge is 0.356 e. The molecule has 3 aromatic rings. The van der Waals surface area contributed by atoms with Crippen LogP contribution in [0.5, 0.6) is 0 Å². The number of halogens is 4. The number of alkyl halides is 2. The van der Waals surface area contributed by atoms with Crippen molar-refractivity contribution in [1.82, 2.24) is 11.1 Å². The standard InChI is InChI=1S/C26H25F4N3O.H3N.H2/c1-16-5-3-6-19(13-16)32-25(34)23-17(2)20(18-7-8-21(27)22(28)14-18)15-31-24(23)33-11-4-9-26(29,30)10-12-33;;/h3,5-8,13-15H,4,9-12H2,1-2H3,(H,32,34);1H3;1H. The molecule has 5 nitrogen and oxygen atoms in total. The van der Waals surface area contributed by atoms with Crippen LogP contribution in [0.1, 0.15) is 42.2 Å². The lowest BCUT2D eigenvalue weighted by molar-refractivity contribution is -0.0102. The Morgan fingerprint density at radius 3 is 2.54 bits per heavy atom. The fraction of sp³-hybridized carbons (Fsp3) is 0.308. The lowest BCUT2D eigenvalue weighted by Crippen LogP contribution is -2.30. The molecule has 4 rings (SSSR count). The summed E-state index contributed by atoms with van der Waals surface area (Å²) >= 11 is 0. The first-order valence-corrected chi connectivity index (χ1v) is 11.1. The highest BCUT2D eigenvalue weighted by atomic mass is 19.3. The first-order chi connectivity index (χ1) is 16.1. The van der Waals surface area contributed by atoms with Gasteiger partial charge in [-0.2, -0.15) is 0 Å². The fourth-order valence-electron chi connectivity index (χ4n) is 4.25. The molecule has 0 atom stereocenters. The van der Waals surface area contributed by atoms with Gasteiger partial charge in [-0.05, 0) is 61.2 Å². The maximum atomic E-state index is 14.0. The van der Waals surface area contributed by atoms with Crippen LogP contribution >= 0.6 is 0 Å². The third kappa shape index (κ3) is 5.79. The third-order valence-electron chi connectivity index (χ3n) is 6.07. The maximum Gasteiger partial charge on any atom is 0.259 e. The predicted molar refractivity (Wildman–Crippen MR) is 132 cm³/mol. The molecule has 4 N–H and O–H groups in total. The van der Waals surface area contributed by atoms with Crippen LogP contribution in [0, 0.1) is 25.5 Å². The Hall–Kier alpha value is -3.46. The van der Waals surface area contributed by atoms with Crippen molar-refractivity contribution in [3.05, 3.63) is 77.0 Å². The number of hydrogen-bond donors (Lipinski definition) is 2. The summed E-state index contributed by atoms with van der Waals surface area (Å²) in [5.74, 6) is -4.91. The smallest absolute Gasteiger partial charge is 0.259 e. The van der Waals surface area contributed by atoms with Gasteiger partial charge in [0.1, 0.15) is 5.82 Å². The zero-order valence-electron chi connectivity index (χ0n) is 19.7. The van der Waals surface area contributed by atoms with Crippen LogP contribution in [0.2, 0.25) is 0 Å². The molecular formula is C26H30F4N4O. The number of nitrogens with zero attached hydrogens (tertiary/aromatic N) is 2. The van der Waals surface area contributed by atoms with Crippen molar-refractivity contribution in [2.24, 2.45) is 0 Å². The highest BCUT2D eigenvalue weighted by Crippen LogP contribution is 2.35. The zero-order chi connectivity index (χ0) is 24.5. The van der Waals surface area contributed by atoms with Gasteiger partial charge in [0, 0.05) is 44.8 Å². The normalized spacial score (nSPS) is 15.2. The Bertz CT molecular complexity index is 1240. The van der Waals surface area contributed by atoms with E-state index in [0.717, 1.165) is 17.7 Å². The average Bonchev–Trinajstić information content (AvgIpc) is 2.96. The summed E-state index contributed by atoms with van der Waals surface area (Å²) in [6.07, 6.45) is 1.18. The van der Waals surface area contributed by atoms with E-state index >= 15 is 0 Å². The molecule has 1 fully saturated rings. The number of carbonyl (C=O) groups excluding carboxylic acids is 1. The molecule has 0 radical (unpaired) electrons. The molecule has 1 aromatic heterocycles. The van der Waals surface area contributed by atoms with Crippen molar-refractivity contribution in [2.45, 2.75) is 39.0 Å². The Balaban J connectivity index is 0.00000228. The maximum absolute atomic E-state index is 14.0. The number of rotatable bonds is 4. The second-order valence-electron chi connectivity index (χ2n) is 8.64. The molecule has 0 aliphatic carbocycles. The minimum atomic E-state index is -2.76. The highest BCUT2D eigenvalue weighted by Gasteiger charge is 2.33. The molecule has 0 saturated carbocycles. The van der Waals surface area contributed by atoms with Gasteiger partial charge in [-0.3, -0.25) is 4.79 Å². The minimum Gasteiger partial charge on any atom is -0.356 e. The molecule has 1 amide bonds. The number of hydrogen-bond acceptors (Lipinski definition) is 4. The lowest BCUT2D eigenvalue weighted by Gasteiger charge is -2.26. The van der Waals surface area contributed by atoms with Gasteiger partial charge in [-0.25, -0.2) is 22.5 Å². The van der Waals surface area contributed by atoms with Crippen LogP contribution in [0.25, 0.3) is 11.1 Å². The molecule has 2 aromatic carbocycles. The van der Waals surface area contributed by atoms with Gasteiger partial charge in [-0.15, -0.1) is 0 Å². The topological polar surface area (TPSA) is 80.2 Å². The van der Waals surface area contributed by atoms with Crippen LogP contribution in [-0.2, 0) is 0 Å². The van der Waals surface area contributed by atoms with Gasteiger partial charge in [-0.1, -0.05) is 18.2 Å². The molecule has 2 heterocycles. The minimum absolute atomic E-state index is 0. The van der Waals surface area contributed by atoms with E-state index in [1.54, 1.807) is 17.9 Å². The van der Waals surface area contributed by atoms with E-state index in [4.69, 9.17) is 0 Å². The number of aromatic nitrogens is 1. The molecular weight excluding hydrogens is 460 g/mol. The molecule has 1 aliphatic rings. The summed E-state index contributed by atoms with van der Waals surface area (Å²) in [5.41, 5.74) is 3.07. The van der Waals surface area contributed by atoms with Gasteiger partial charge in [0.2, 0.25) is 5.92 Å². The Kier molecular flexibility index (Phi) is 7.80. The van der Waals surface area contributed by atoms with Crippen molar-refractivity contribution < 1.29 is 23.8 Å². The zero-order valence-corrected chi connectivity index (χ0v) is 19.7. The summed E-state index contributed by atoms with van der Waals surface area (Å²) < 4.78 is 55.4. The Morgan fingerprint density at radius 2 is 1.83 bits per heavy atom. The number of aryl methyl sites for hydroxylation is 1. The van der Waals surface area contributed by atoms with E-state index in [1.165, 1.54) is 12.3 Å². The van der Waals surface area contributed by atoms with Crippen LogP contribution in [0.15, 0.2) is 48.7 Å². The van der Waals surface area contributed by atoms with Gasteiger partial charge >= 0.3 is 0 Å². The lowest BCUT2D eigenvalue weighted by atomic mass is 9.97. The van der Waals surface area contributed by atoms with Gasteiger partial charge in [0.15, 0.2) is 11.6 Å². The van der Waals surface area contributed by atoms with E-state index in [2.05, 4.69) is 10.3 Å². The highest BCUT2D eigenvalue weighted by molar-refractivity contribution is 6.09. The molecule has 0 bridgehead atoms. The van der Waals surface area contributed by atoms with Crippen LogP contribution in [0.3, 0.4) is 0 Å². The van der Waals surface area contributed by atoms with Crippen molar-refractivity contribution in [3.8, 4) is 11.1 Å². The first-order valence-electron chi connectivity index (χ1n) is 11.1. The summed E-state index contributed by atoms with van der Waals surface area (Å²) in [6.45, 7) is 3.97. The number of pyridine rings is 1. The first kappa shape index (κ1) is 26.2. The number of amides is 1. The number of carbonyl (C=O) groups is 1. The van der Waals surface area contributed by atoms with Gasteiger partial charge < -0.3 is 16.4 Å². The van der Waals surface area contributed by atoms with E-state index in [9.17, 15) is 22.4 Å². The van der Waals surface area contributed by atoms with Crippen LogP contribution < -0.4 is 16.4 Å². The second-order valence-corrected chi connectivity index (χ2v) is 8.64. The molecule has 0 unspecified atom stereocenters. The van der Waals surface area contributed by atoms with Crippen molar-refractivity contribution in [1.29, 1.82) is 0 Å². The Morgan fingerprint density at radius 1 is 1.06 bits per heavy atom. The molecule has 1 aliphatic heterocycles. The van der Waals surface area contributed by atoms with Gasteiger partial charge in [0.05, 0.1) is 5.56 Å². The van der Waals surface area contributed by atoms with E-state index < -0.39 is 23.5 Å². The Labute approximate surface area is 203 Å². The van der Waals surface area contributed by atoms with Crippen molar-refractivity contribution >= 4 is 17.4 Å². The molecule has 1 saturated heterocycles. The van der Waals surface area contributed by atoms with Crippen LogP contribution in [0.4, 0.5) is 29.1 Å². The monoisotopic (exact) mass is 490 g/mol. The van der Waals surface area contributed by atoms with Crippen molar-refractivity contribution in [3.63, 3.8) is 0 Å². The summed E-state index contributed by atoms with van der Waals surface area (Å²) in [5, 5.41) is 2.86. The second kappa shape index (κ2) is 10.4. The third-order valence-corrected chi connectivity index (χ3v) is 6.07. The van der Waals surface area contributed by atoms with Crippen molar-refractivity contribution in [2.75, 3.05) is 23.3 Å².